The van der Waals surface area contributed by atoms with Crippen LogP contribution in [0, 0.1) is 0 Å². The van der Waals surface area contributed by atoms with Crippen LogP contribution >= 0.6 is 0 Å². The molecular weight excluding hydrogens is 230 g/mol. The Kier molecular flexibility index (Phi) is 14.6. The second kappa shape index (κ2) is 15.2. The Hall–Kier alpha value is -0.820. The predicted molar refractivity (Wildman–Crippen MR) is 88.6 cm³/mol. The Morgan fingerprint density at radius 2 is 0.842 bits per heavy atom. The molecule has 1 heteroatoms. The Labute approximate surface area is 121 Å². The van der Waals surface area contributed by atoms with Crippen molar-refractivity contribution in [1.82, 2.24) is 4.90 Å². The van der Waals surface area contributed by atoms with E-state index in [0.717, 1.165) is 19.6 Å². The van der Waals surface area contributed by atoms with Crippen LogP contribution in [0.15, 0.2) is 36.5 Å². The molecular formula is C18H33N. The summed E-state index contributed by atoms with van der Waals surface area (Å²) in [7, 11) is 0. The SMILES string of the molecule is CCCC=CCN(CC=CCCC)CC=CCCC. The minimum absolute atomic E-state index is 1.06. The summed E-state index contributed by atoms with van der Waals surface area (Å²) in [6, 6.07) is 0. The highest BCUT2D eigenvalue weighted by molar-refractivity contribution is 4.93. The highest BCUT2D eigenvalue weighted by atomic mass is 15.1. The molecule has 0 aliphatic heterocycles. The molecule has 110 valence electrons. The Morgan fingerprint density at radius 1 is 0.526 bits per heavy atom. The molecule has 0 atom stereocenters. The summed E-state index contributed by atoms with van der Waals surface area (Å²) < 4.78 is 0. The van der Waals surface area contributed by atoms with E-state index in [2.05, 4.69) is 62.1 Å². The normalized spacial score (nSPS) is 12.6. The number of allylic oxidation sites excluding steroid dienone is 3. The van der Waals surface area contributed by atoms with E-state index >= 15 is 0 Å². The maximum absolute atomic E-state index is 2.48. The first-order valence-corrected chi connectivity index (χ1v) is 8.02. The van der Waals surface area contributed by atoms with Gasteiger partial charge in [-0.05, 0) is 19.3 Å². The van der Waals surface area contributed by atoms with Gasteiger partial charge in [-0.3, -0.25) is 4.90 Å². The van der Waals surface area contributed by atoms with Gasteiger partial charge in [0, 0.05) is 19.6 Å². The fraction of sp³-hybridized carbons (Fsp3) is 0.667. The maximum Gasteiger partial charge on any atom is 0.0169 e. The third-order valence-corrected chi connectivity index (χ3v) is 2.96. The standard InChI is InChI=1S/C18H33N/c1-4-7-10-13-16-19(17-14-11-8-5-2)18-15-12-9-6-3/h10-15H,4-9,16-18H2,1-3H3. The van der Waals surface area contributed by atoms with Crippen LogP contribution in [-0.4, -0.2) is 24.5 Å². The minimum atomic E-state index is 1.06. The van der Waals surface area contributed by atoms with E-state index in [1.807, 2.05) is 0 Å². The zero-order valence-electron chi connectivity index (χ0n) is 13.3. The van der Waals surface area contributed by atoms with Crippen molar-refractivity contribution in [3.05, 3.63) is 36.5 Å². The van der Waals surface area contributed by atoms with Gasteiger partial charge in [-0.1, -0.05) is 76.5 Å². The van der Waals surface area contributed by atoms with E-state index in [9.17, 15) is 0 Å². The van der Waals surface area contributed by atoms with E-state index in [1.165, 1.54) is 38.5 Å². The first kappa shape index (κ1) is 18.2. The molecule has 1 nitrogen and oxygen atoms in total. The Morgan fingerprint density at radius 3 is 1.11 bits per heavy atom. The second-order valence-electron chi connectivity index (χ2n) is 5.00. The summed E-state index contributed by atoms with van der Waals surface area (Å²) in [5, 5.41) is 0. The molecule has 0 aromatic heterocycles. The van der Waals surface area contributed by atoms with Crippen LogP contribution in [0.3, 0.4) is 0 Å². The molecule has 19 heavy (non-hydrogen) atoms. The predicted octanol–water partition coefficient (Wildman–Crippen LogP) is 5.36. The monoisotopic (exact) mass is 263 g/mol. The molecule has 0 fully saturated rings. The molecule has 0 aliphatic carbocycles. The van der Waals surface area contributed by atoms with Crippen molar-refractivity contribution in [3.63, 3.8) is 0 Å². The number of nitrogens with zero attached hydrogens (tertiary/aromatic N) is 1. The number of rotatable bonds is 12. The lowest BCUT2D eigenvalue weighted by atomic mass is 10.2. The van der Waals surface area contributed by atoms with Gasteiger partial charge >= 0.3 is 0 Å². The zero-order chi connectivity index (χ0) is 14.2. The first-order chi connectivity index (χ1) is 9.35. The fourth-order valence-electron chi connectivity index (χ4n) is 1.75. The van der Waals surface area contributed by atoms with E-state index in [1.54, 1.807) is 0 Å². The molecule has 0 rings (SSSR count). The van der Waals surface area contributed by atoms with Crippen molar-refractivity contribution in [1.29, 1.82) is 0 Å². The Balaban J connectivity index is 4.05. The quantitative estimate of drug-likeness (QED) is 0.429. The van der Waals surface area contributed by atoms with Crippen LogP contribution in [0.2, 0.25) is 0 Å². The summed E-state index contributed by atoms with van der Waals surface area (Å²) in [6.07, 6.45) is 21.2. The summed E-state index contributed by atoms with van der Waals surface area (Å²) in [4.78, 5) is 2.48. The van der Waals surface area contributed by atoms with Gasteiger partial charge in [0.2, 0.25) is 0 Å². The van der Waals surface area contributed by atoms with Crippen molar-refractivity contribution in [2.24, 2.45) is 0 Å². The largest absolute Gasteiger partial charge is 0.292 e. The average Bonchev–Trinajstić information content (AvgIpc) is 2.43. The number of unbranched alkanes of at least 4 members (excludes halogenated alkanes) is 3. The van der Waals surface area contributed by atoms with Crippen LogP contribution in [0.5, 0.6) is 0 Å². The molecule has 0 aromatic rings. The molecule has 0 N–H and O–H groups in total. The van der Waals surface area contributed by atoms with Crippen LogP contribution in [0.1, 0.15) is 59.3 Å². The van der Waals surface area contributed by atoms with E-state index in [0.29, 0.717) is 0 Å². The molecule has 0 aromatic carbocycles. The highest BCUT2D eigenvalue weighted by Crippen LogP contribution is 1.97. The van der Waals surface area contributed by atoms with Gasteiger partial charge in [0.15, 0.2) is 0 Å². The van der Waals surface area contributed by atoms with Crippen LogP contribution in [0.4, 0.5) is 0 Å². The summed E-state index contributed by atoms with van der Waals surface area (Å²) in [5.74, 6) is 0. The second-order valence-corrected chi connectivity index (χ2v) is 5.00. The lowest BCUT2D eigenvalue weighted by Crippen LogP contribution is -2.24. The molecule has 0 aliphatic rings. The van der Waals surface area contributed by atoms with Crippen LogP contribution in [0.25, 0.3) is 0 Å². The average molecular weight is 263 g/mol. The van der Waals surface area contributed by atoms with Gasteiger partial charge in [0.25, 0.3) is 0 Å². The van der Waals surface area contributed by atoms with Crippen LogP contribution < -0.4 is 0 Å². The number of hydrogen-bond donors (Lipinski definition) is 0. The molecule has 0 saturated carbocycles. The Bertz CT molecular complexity index is 208. The van der Waals surface area contributed by atoms with Gasteiger partial charge in [-0.2, -0.15) is 0 Å². The van der Waals surface area contributed by atoms with Gasteiger partial charge < -0.3 is 0 Å². The van der Waals surface area contributed by atoms with Crippen molar-refractivity contribution in [2.45, 2.75) is 59.3 Å². The van der Waals surface area contributed by atoms with Crippen molar-refractivity contribution in [3.8, 4) is 0 Å². The summed E-state index contributed by atoms with van der Waals surface area (Å²) in [6.45, 7) is 9.86. The molecule has 0 unspecified atom stereocenters. The van der Waals surface area contributed by atoms with E-state index in [-0.39, 0.29) is 0 Å². The van der Waals surface area contributed by atoms with Crippen molar-refractivity contribution < 1.29 is 0 Å². The van der Waals surface area contributed by atoms with Gasteiger partial charge in [-0.15, -0.1) is 0 Å². The van der Waals surface area contributed by atoms with E-state index in [4.69, 9.17) is 0 Å². The number of hydrogen-bond acceptors (Lipinski definition) is 1. The molecule has 0 spiro atoms. The molecule has 0 amide bonds. The first-order valence-electron chi connectivity index (χ1n) is 8.02. The van der Waals surface area contributed by atoms with Gasteiger partial charge in [0.1, 0.15) is 0 Å². The van der Waals surface area contributed by atoms with Crippen LogP contribution in [-0.2, 0) is 0 Å². The smallest absolute Gasteiger partial charge is 0.0169 e. The maximum atomic E-state index is 2.48. The fourth-order valence-corrected chi connectivity index (χ4v) is 1.75. The lowest BCUT2D eigenvalue weighted by Gasteiger charge is -2.16. The molecule has 0 saturated heterocycles. The molecule has 0 bridgehead atoms. The molecule has 0 radical (unpaired) electrons. The van der Waals surface area contributed by atoms with Gasteiger partial charge in [-0.25, -0.2) is 0 Å². The highest BCUT2D eigenvalue weighted by Gasteiger charge is 1.97. The third kappa shape index (κ3) is 13.4. The van der Waals surface area contributed by atoms with E-state index < -0.39 is 0 Å². The van der Waals surface area contributed by atoms with Crippen molar-refractivity contribution >= 4 is 0 Å². The van der Waals surface area contributed by atoms with Crippen molar-refractivity contribution in [2.75, 3.05) is 19.6 Å². The summed E-state index contributed by atoms with van der Waals surface area (Å²) >= 11 is 0. The van der Waals surface area contributed by atoms with Gasteiger partial charge in [0.05, 0.1) is 0 Å². The zero-order valence-corrected chi connectivity index (χ0v) is 13.3. The summed E-state index contributed by atoms with van der Waals surface area (Å²) in [5.41, 5.74) is 0. The lowest BCUT2D eigenvalue weighted by molar-refractivity contribution is 0.371. The third-order valence-electron chi connectivity index (χ3n) is 2.96. The topological polar surface area (TPSA) is 3.24 Å². The molecule has 0 heterocycles. The minimum Gasteiger partial charge on any atom is -0.292 e.